The van der Waals surface area contributed by atoms with Crippen LogP contribution in [-0.4, -0.2) is 33.5 Å². The Kier molecular flexibility index (Phi) is 5.02. The molecule has 3 rings (SSSR count). The van der Waals surface area contributed by atoms with Gasteiger partial charge in [0.2, 0.25) is 5.91 Å². The minimum Gasteiger partial charge on any atom is -0.373 e. The lowest BCUT2D eigenvalue weighted by Crippen LogP contribution is -2.40. The molecule has 0 fully saturated rings. The topological polar surface area (TPSA) is 69.0 Å². The Labute approximate surface area is 135 Å². The quantitative estimate of drug-likeness (QED) is 0.913. The zero-order chi connectivity index (χ0) is 16.1. The van der Waals surface area contributed by atoms with E-state index in [0.717, 1.165) is 18.5 Å². The van der Waals surface area contributed by atoms with E-state index >= 15 is 0 Å². The van der Waals surface area contributed by atoms with Crippen molar-refractivity contribution in [3.63, 3.8) is 0 Å². The van der Waals surface area contributed by atoms with Crippen LogP contribution in [0.1, 0.15) is 24.6 Å². The Morgan fingerprint density at radius 2 is 2.17 bits per heavy atom. The Morgan fingerprint density at radius 1 is 1.35 bits per heavy atom. The lowest BCUT2D eigenvalue weighted by atomic mass is 9.95. The molecule has 6 heteroatoms. The van der Waals surface area contributed by atoms with Gasteiger partial charge in [0.25, 0.3) is 0 Å². The van der Waals surface area contributed by atoms with Gasteiger partial charge in [0, 0.05) is 18.5 Å². The summed E-state index contributed by atoms with van der Waals surface area (Å²) < 4.78 is 7.48. The zero-order valence-electron chi connectivity index (χ0n) is 13.3. The molecule has 1 amide bonds. The third-order valence-electron chi connectivity index (χ3n) is 4.09. The van der Waals surface area contributed by atoms with Gasteiger partial charge in [0.15, 0.2) is 0 Å². The van der Waals surface area contributed by atoms with Crippen molar-refractivity contribution in [2.75, 3.05) is 6.61 Å². The molecule has 0 saturated heterocycles. The fraction of sp³-hybridized carbons (Fsp3) is 0.471. The maximum Gasteiger partial charge on any atom is 0.223 e. The molecule has 0 spiro atoms. The molecule has 0 aliphatic carbocycles. The van der Waals surface area contributed by atoms with Crippen LogP contribution in [0, 0.1) is 5.92 Å². The highest BCUT2D eigenvalue weighted by Gasteiger charge is 2.22. The normalized spacial score (nSPS) is 22.7. The van der Waals surface area contributed by atoms with Gasteiger partial charge in [-0.05, 0) is 25.3 Å². The zero-order valence-corrected chi connectivity index (χ0v) is 13.3. The molecule has 2 atom stereocenters. The van der Waals surface area contributed by atoms with Crippen LogP contribution in [0.5, 0.6) is 0 Å². The summed E-state index contributed by atoms with van der Waals surface area (Å²) in [5.74, 6) is -0.0106. The van der Waals surface area contributed by atoms with Gasteiger partial charge in [-0.15, -0.1) is 5.10 Å². The summed E-state index contributed by atoms with van der Waals surface area (Å²) in [5.41, 5.74) is 2.12. The first-order valence-corrected chi connectivity index (χ1v) is 8.02. The molecule has 0 unspecified atom stereocenters. The minimum atomic E-state index is -0.0880. The van der Waals surface area contributed by atoms with Crippen LogP contribution in [-0.2, 0) is 29.1 Å². The first-order chi connectivity index (χ1) is 11.2. The molecule has 1 aliphatic rings. The van der Waals surface area contributed by atoms with Crippen molar-refractivity contribution in [2.24, 2.45) is 5.92 Å². The number of hydrogen-bond acceptors (Lipinski definition) is 4. The van der Waals surface area contributed by atoms with Crippen LogP contribution in [0.4, 0.5) is 0 Å². The first kappa shape index (κ1) is 15.7. The number of carbonyl (C=O) groups is 1. The number of benzene rings is 1. The number of fused-ring (bicyclic) bond motifs is 1. The molecule has 2 heterocycles. The SMILES string of the molecule is C[C@H]1COCc2cnnn2CC[C@@H](Cc2ccccc2)C(=O)N1. The Bertz CT molecular complexity index is 641. The molecular weight excluding hydrogens is 292 g/mol. The number of ether oxygens (including phenoxy) is 1. The maximum atomic E-state index is 12.6. The molecule has 1 aromatic heterocycles. The Morgan fingerprint density at radius 3 is 3.00 bits per heavy atom. The molecule has 0 bridgehead atoms. The molecule has 1 N–H and O–H groups in total. The molecule has 1 aromatic carbocycles. The molecule has 0 saturated carbocycles. The van der Waals surface area contributed by atoms with E-state index < -0.39 is 0 Å². The van der Waals surface area contributed by atoms with Gasteiger partial charge in [-0.1, -0.05) is 35.5 Å². The standard InChI is InChI=1S/C17H22N4O2/c1-13-11-23-12-16-10-18-20-21(16)8-7-15(17(22)19-13)9-14-5-3-2-4-6-14/h2-6,10,13,15H,7-9,11-12H2,1H3,(H,19,22)/t13-,15-/m0/s1. The first-order valence-electron chi connectivity index (χ1n) is 8.02. The molecular formula is C17H22N4O2. The van der Waals surface area contributed by atoms with Gasteiger partial charge in [-0.3, -0.25) is 4.79 Å². The lowest BCUT2D eigenvalue weighted by Gasteiger charge is -2.19. The van der Waals surface area contributed by atoms with Crippen molar-refractivity contribution >= 4 is 5.91 Å². The number of aromatic nitrogens is 3. The van der Waals surface area contributed by atoms with Crippen molar-refractivity contribution in [1.82, 2.24) is 20.3 Å². The van der Waals surface area contributed by atoms with Crippen LogP contribution in [0.15, 0.2) is 36.5 Å². The van der Waals surface area contributed by atoms with E-state index in [9.17, 15) is 4.79 Å². The van der Waals surface area contributed by atoms with Crippen LogP contribution in [0.3, 0.4) is 0 Å². The maximum absolute atomic E-state index is 12.6. The van der Waals surface area contributed by atoms with Crippen molar-refractivity contribution < 1.29 is 9.53 Å². The number of rotatable bonds is 2. The van der Waals surface area contributed by atoms with E-state index in [2.05, 4.69) is 27.8 Å². The summed E-state index contributed by atoms with van der Waals surface area (Å²) >= 11 is 0. The van der Waals surface area contributed by atoms with Gasteiger partial charge in [-0.25, -0.2) is 4.68 Å². The van der Waals surface area contributed by atoms with Gasteiger partial charge in [-0.2, -0.15) is 0 Å². The minimum absolute atomic E-state index is 0.0109. The Balaban J connectivity index is 1.77. The third kappa shape index (κ3) is 4.16. The van der Waals surface area contributed by atoms with Crippen molar-refractivity contribution in [1.29, 1.82) is 0 Å². The van der Waals surface area contributed by atoms with E-state index in [1.165, 1.54) is 5.56 Å². The van der Waals surface area contributed by atoms with Crippen LogP contribution < -0.4 is 5.32 Å². The van der Waals surface area contributed by atoms with Crippen LogP contribution in [0.25, 0.3) is 0 Å². The van der Waals surface area contributed by atoms with E-state index in [0.29, 0.717) is 19.8 Å². The number of carbonyl (C=O) groups excluding carboxylic acids is 1. The van der Waals surface area contributed by atoms with Crippen LogP contribution in [0.2, 0.25) is 0 Å². The van der Waals surface area contributed by atoms with Gasteiger partial charge in [0.1, 0.15) is 0 Å². The highest BCUT2D eigenvalue weighted by atomic mass is 16.5. The van der Waals surface area contributed by atoms with Crippen molar-refractivity contribution in [3.8, 4) is 0 Å². The van der Waals surface area contributed by atoms with Crippen molar-refractivity contribution in [3.05, 3.63) is 47.8 Å². The monoisotopic (exact) mass is 314 g/mol. The predicted molar refractivity (Wildman–Crippen MR) is 85.5 cm³/mol. The lowest BCUT2D eigenvalue weighted by molar-refractivity contribution is -0.126. The predicted octanol–water partition coefficient (Wildman–Crippen LogP) is 1.56. The third-order valence-corrected chi connectivity index (χ3v) is 4.09. The van der Waals surface area contributed by atoms with E-state index in [4.69, 9.17) is 4.74 Å². The summed E-state index contributed by atoms with van der Waals surface area (Å²) in [6.45, 7) is 3.58. The summed E-state index contributed by atoms with van der Waals surface area (Å²) in [4.78, 5) is 12.6. The number of nitrogens with one attached hydrogen (secondary N) is 1. The summed E-state index contributed by atoms with van der Waals surface area (Å²) in [7, 11) is 0. The number of hydrogen-bond donors (Lipinski definition) is 1. The summed E-state index contributed by atoms with van der Waals surface area (Å²) in [6.07, 6.45) is 3.18. The van der Waals surface area contributed by atoms with E-state index in [-0.39, 0.29) is 17.9 Å². The molecule has 23 heavy (non-hydrogen) atoms. The molecule has 122 valence electrons. The second kappa shape index (κ2) is 7.37. The molecule has 0 radical (unpaired) electrons. The summed E-state index contributed by atoms with van der Waals surface area (Å²) in [6, 6.07) is 10.1. The average Bonchev–Trinajstić information content (AvgIpc) is 2.98. The largest absolute Gasteiger partial charge is 0.373 e. The van der Waals surface area contributed by atoms with Gasteiger partial charge in [0.05, 0.1) is 25.1 Å². The fourth-order valence-electron chi connectivity index (χ4n) is 2.82. The fourth-order valence-corrected chi connectivity index (χ4v) is 2.82. The molecule has 2 aromatic rings. The van der Waals surface area contributed by atoms with Gasteiger partial charge < -0.3 is 10.1 Å². The molecule has 1 aliphatic heterocycles. The second-order valence-corrected chi connectivity index (χ2v) is 6.05. The number of nitrogens with zero attached hydrogens (tertiary/aromatic N) is 3. The summed E-state index contributed by atoms with van der Waals surface area (Å²) in [5, 5.41) is 11.1. The van der Waals surface area contributed by atoms with E-state index in [1.807, 2.05) is 29.8 Å². The highest BCUT2D eigenvalue weighted by molar-refractivity contribution is 5.79. The molecule has 6 nitrogen and oxygen atoms in total. The van der Waals surface area contributed by atoms with Crippen molar-refractivity contribution in [2.45, 2.75) is 39.0 Å². The van der Waals surface area contributed by atoms with Gasteiger partial charge >= 0.3 is 0 Å². The second-order valence-electron chi connectivity index (χ2n) is 6.05. The number of amides is 1. The Hall–Kier alpha value is -2.21. The average molecular weight is 314 g/mol. The van der Waals surface area contributed by atoms with Crippen LogP contribution >= 0.6 is 0 Å². The van der Waals surface area contributed by atoms with E-state index in [1.54, 1.807) is 6.20 Å². The highest BCUT2D eigenvalue weighted by Crippen LogP contribution is 2.16. The smallest absolute Gasteiger partial charge is 0.223 e. The number of aryl methyl sites for hydroxylation is 1.